The molecule has 0 unspecified atom stereocenters. The summed E-state index contributed by atoms with van der Waals surface area (Å²) in [4.78, 5) is 3.96. The lowest BCUT2D eigenvalue weighted by molar-refractivity contribution is 0.569. The van der Waals surface area contributed by atoms with E-state index in [4.69, 9.17) is 0 Å². The third kappa shape index (κ3) is 3.40. The average molecular weight is 294 g/mol. The lowest BCUT2D eigenvalue weighted by atomic mass is 10.2. The van der Waals surface area contributed by atoms with Crippen LogP contribution >= 0.6 is 0 Å². The van der Waals surface area contributed by atoms with Gasteiger partial charge in [-0.2, -0.15) is 0 Å². The molecule has 0 saturated carbocycles. The molecule has 0 spiro atoms. The Labute approximate surface area is 117 Å². The van der Waals surface area contributed by atoms with Crippen LogP contribution in [0.5, 0.6) is 0 Å². The zero-order chi connectivity index (χ0) is 14.6. The van der Waals surface area contributed by atoms with Crippen molar-refractivity contribution in [1.82, 2.24) is 9.71 Å². The number of aryl methyl sites for hydroxylation is 1. The second-order valence-electron chi connectivity index (χ2n) is 4.25. The summed E-state index contributed by atoms with van der Waals surface area (Å²) in [5, 5.41) is 0. The summed E-state index contributed by atoms with van der Waals surface area (Å²) in [6, 6.07) is 9.29. The number of nitrogens with zero attached hydrogens (tertiary/aromatic N) is 1. The summed E-state index contributed by atoms with van der Waals surface area (Å²) in [5.41, 5.74) is 1.13. The zero-order valence-corrected chi connectivity index (χ0v) is 11.8. The average Bonchev–Trinajstić information content (AvgIpc) is 2.46. The van der Waals surface area contributed by atoms with Crippen molar-refractivity contribution in [2.24, 2.45) is 0 Å². The number of hydrogen-bond acceptors (Lipinski definition) is 3. The van der Waals surface area contributed by atoms with E-state index >= 15 is 0 Å². The van der Waals surface area contributed by atoms with Crippen LogP contribution in [0.15, 0.2) is 47.5 Å². The Morgan fingerprint density at radius 1 is 1.20 bits per heavy atom. The Kier molecular flexibility index (Phi) is 4.46. The molecule has 0 saturated heterocycles. The fourth-order valence-electron chi connectivity index (χ4n) is 1.70. The Balaban J connectivity index is 2.13. The van der Waals surface area contributed by atoms with Gasteiger partial charge in [0.05, 0.1) is 17.1 Å². The van der Waals surface area contributed by atoms with Crippen LogP contribution in [0.2, 0.25) is 0 Å². The molecule has 2 aromatic rings. The van der Waals surface area contributed by atoms with Crippen molar-refractivity contribution >= 4 is 10.0 Å². The fraction of sp³-hybridized carbons (Fsp3) is 0.214. The maximum atomic E-state index is 13.4. The van der Waals surface area contributed by atoms with E-state index in [0.717, 1.165) is 12.0 Å². The second-order valence-corrected chi connectivity index (χ2v) is 6.02. The summed E-state index contributed by atoms with van der Waals surface area (Å²) >= 11 is 0. The molecule has 106 valence electrons. The molecule has 1 heterocycles. The van der Waals surface area contributed by atoms with Crippen molar-refractivity contribution < 1.29 is 12.8 Å². The van der Waals surface area contributed by atoms with E-state index in [-0.39, 0.29) is 17.1 Å². The zero-order valence-electron chi connectivity index (χ0n) is 11.0. The first kappa shape index (κ1) is 14.6. The summed E-state index contributed by atoms with van der Waals surface area (Å²) in [6.07, 6.45) is 2.26. The number of aromatic nitrogens is 1. The molecule has 1 N–H and O–H groups in total. The van der Waals surface area contributed by atoms with Gasteiger partial charge in [-0.05, 0) is 36.2 Å². The molecule has 2 rings (SSSR count). The van der Waals surface area contributed by atoms with Gasteiger partial charge in [-0.25, -0.2) is 17.5 Å². The largest absolute Gasteiger partial charge is 0.257 e. The molecule has 20 heavy (non-hydrogen) atoms. The highest BCUT2D eigenvalue weighted by Crippen LogP contribution is 2.12. The standard InChI is InChI=1S/C14H15FN2O2S/c1-2-11-5-7-12(8-6-11)20(18,19)17-10-14-13(15)4-3-9-16-14/h3-9,17H,2,10H2,1H3. The van der Waals surface area contributed by atoms with Gasteiger partial charge in [0, 0.05) is 6.20 Å². The number of pyridine rings is 1. The molecular formula is C14H15FN2O2S. The Morgan fingerprint density at radius 3 is 2.50 bits per heavy atom. The van der Waals surface area contributed by atoms with Crippen molar-refractivity contribution in [3.63, 3.8) is 0 Å². The molecule has 0 atom stereocenters. The highest BCUT2D eigenvalue weighted by Gasteiger charge is 2.14. The van der Waals surface area contributed by atoms with E-state index in [9.17, 15) is 12.8 Å². The van der Waals surface area contributed by atoms with Gasteiger partial charge >= 0.3 is 0 Å². The van der Waals surface area contributed by atoms with Crippen LogP contribution in [0.4, 0.5) is 4.39 Å². The number of nitrogens with one attached hydrogen (secondary N) is 1. The first-order valence-corrected chi connectivity index (χ1v) is 7.69. The summed E-state index contributed by atoms with van der Waals surface area (Å²) in [5.74, 6) is -0.531. The number of sulfonamides is 1. The quantitative estimate of drug-likeness (QED) is 0.920. The van der Waals surface area contributed by atoms with Crippen LogP contribution in [0, 0.1) is 5.82 Å². The van der Waals surface area contributed by atoms with E-state index < -0.39 is 15.8 Å². The number of hydrogen-bond donors (Lipinski definition) is 1. The van der Waals surface area contributed by atoms with Crippen LogP contribution < -0.4 is 4.72 Å². The van der Waals surface area contributed by atoms with E-state index in [1.165, 1.54) is 30.5 Å². The first-order valence-electron chi connectivity index (χ1n) is 6.21. The molecule has 1 aromatic heterocycles. The van der Waals surface area contributed by atoms with Gasteiger partial charge in [0.15, 0.2) is 0 Å². The molecule has 1 aromatic carbocycles. The smallest absolute Gasteiger partial charge is 0.240 e. The molecule has 0 fully saturated rings. The number of rotatable bonds is 5. The molecule has 6 heteroatoms. The van der Waals surface area contributed by atoms with E-state index in [0.29, 0.717) is 0 Å². The third-order valence-electron chi connectivity index (χ3n) is 2.91. The molecule has 0 radical (unpaired) electrons. The minimum atomic E-state index is -3.66. The van der Waals surface area contributed by atoms with Crippen molar-refractivity contribution in [2.45, 2.75) is 24.8 Å². The van der Waals surface area contributed by atoms with Crippen molar-refractivity contribution in [3.05, 3.63) is 59.7 Å². The molecule has 0 aliphatic heterocycles. The van der Waals surface area contributed by atoms with Crippen LogP contribution in [-0.2, 0) is 23.0 Å². The van der Waals surface area contributed by atoms with Gasteiger partial charge in [-0.3, -0.25) is 4.98 Å². The predicted octanol–water partition coefficient (Wildman–Crippen LogP) is 2.26. The first-order chi connectivity index (χ1) is 9.53. The van der Waals surface area contributed by atoms with E-state index in [1.54, 1.807) is 12.1 Å². The predicted molar refractivity (Wildman–Crippen MR) is 74.0 cm³/mol. The lowest BCUT2D eigenvalue weighted by Gasteiger charge is -2.07. The van der Waals surface area contributed by atoms with Gasteiger partial charge in [-0.1, -0.05) is 19.1 Å². The summed E-state index contributed by atoms with van der Waals surface area (Å²) in [6.45, 7) is 1.82. The van der Waals surface area contributed by atoms with Crippen molar-refractivity contribution in [3.8, 4) is 0 Å². The lowest BCUT2D eigenvalue weighted by Crippen LogP contribution is -2.24. The third-order valence-corrected chi connectivity index (χ3v) is 4.32. The molecule has 4 nitrogen and oxygen atoms in total. The maximum absolute atomic E-state index is 13.4. The van der Waals surface area contributed by atoms with Gasteiger partial charge < -0.3 is 0 Å². The molecular weight excluding hydrogens is 279 g/mol. The Morgan fingerprint density at radius 2 is 1.90 bits per heavy atom. The molecule has 0 aliphatic rings. The van der Waals surface area contributed by atoms with Crippen molar-refractivity contribution in [2.75, 3.05) is 0 Å². The highest BCUT2D eigenvalue weighted by molar-refractivity contribution is 7.89. The number of benzene rings is 1. The fourth-order valence-corrected chi connectivity index (χ4v) is 2.69. The normalized spacial score (nSPS) is 11.5. The van der Waals surface area contributed by atoms with E-state index in [1.807, 2.05) is 6.92 Å². The summed E-state index contributed by atoms with van der Waals surface area (Å²) in [7, 11) is -3.66. The van der Waals surface area contributed by atoms with Gasteiger partial charge in [0.2, 0.25) is 10.0 Å². The highest BCUT2D eigenvalue weighted by atomic mass is 32.2. The van der Waals surface area contributed by atoms with Crippen LogP contribution in [0.1, 0.15) is 18.2 Å². The topological polar surface area (TPSA) is 59.1 Å². The van der Waals surface area contributed by atoms with E-state index in [2.05, 4.69) is 9.71 Å². The minimum absolute atomic E-state index is 0.0706. The monoisotopic (exact) mass is 294 g/mol. The van der Waals surface area contributed by atoms with Crippen LogP contribution in [-0.4, -0.2) is 13.4 Å². The SMILES string of the molecule is CCc1ccc(S(=O)(=O)NCc2ncccc2F)cc1. The van der Waals surface area contributed by atoms with Gasteiger partial charge in [0.25, 0.3) is 0 Å². The maximum Gasteiger partial charge on any atom is 0.240 e. The summed E-state index contributed by atoms with van der Waals surface area (Å²) < 4.78 is 39.8. The minimum Gasteiger partial charge on any atom is -0.257 e. The van der Waals surface area contributed by atoms with Crippen LogP contribution in [0.25, 0.3) is 0 Å². The second kappa shape index (κ2) is 6.11. The van der Waals surface area contributed by atoms with Crippen molar-refractivity contribution in [1.29, 1.82) is 0 Å². The number of halogens is 1. The Hall–Kier alpha value is -1.79. The Bertz CT molecular complexity index is 685. The molecule has 0 aliphatic carbocycles. The van der Waals surface area contributed by atoms with Crippen LogP contribution in [0.3, 0.4) is 0 Å². The van der Waals surface area contributed by atoms with Gasteiger partial charge in [-0.15, -0.1) is 0 Å². The van der Waals surface area contributed by atoms with Gasteiger partial charge in [0.1, 0.15) is 5.82 Å². The molecule has 0 amide bonds. The molecule has 0 bridgehead atoms.